The van der Waals surface area contributed by atoms with Crippen molar-refractivity contribution in [3.8, 4) is 0 Å². The molecule has 2 heterocycles. The van der Waals surface area contributed by atoms with Gasteiger partial charge < -0.3 is 10.2 Å². The molecule has 0 radical (unpaired) electrons. The maximum Gasteiger partial charge on any atom is 0.0402 e. The largest absolute Gasteiger partial charge is 0.368 e. The summed E-state index contributed by atoms with van der Waals surface area (Å²) in [7, 11) is 0. The third kappa shape index (κ3) is 2.94. The summed E-state index contributed by atoms with van der Waals surface area (Å²) in [6, 6.07) is 9.61. The van der Waals surface area contributed by atoms with Crippen LogP contribution in [0.2, 0.25) is 0 Å². The predicted octanol–water partition coefficient (Wildman–Crippen LogP) is 3.22. The minimum atomic E-state index is 0.682. The van der Waals surface area contributed by atoms with Gasteiger partial charge in [0.1, 0.15) is 0 Å². The van der Waals surface area contributed by atoms with Crippen LogP contribution < -0.4 is 10.2 Å². The molecule has 0 saturated carbocycles. The molecular formula is C17H26N2. The van der Waals surface area contributed by atoms with Gasteiger partial charge in [0.05, 0.1) is 0 Å². The first-order valence-electron chi connectivity index (χ1n) is 7.90. The van der Waals surface area contributed by atoms with Crippen LogP contribution in [0.15, 0.2) is 24.3 Å². The SMILES string of the molecule is CC1Cc2ccccc2N1CCCC1CCCNC1. The van der Waals surface area contributed by atoms with Gasteiger partial charge in [-0.05, 0) is 69.7 Å². The van der Waals surface area contributed by atoms with Gasteiger partial charge in [-0.15, -0.1) is 0 Å². The maximum atomic E-state index is 3.52. The molecule has 2 heteroatoms. The lowest BCUT2D eigenvalue weighted by atomic mass is 9.94. The highest BCUT2D eigenvalue weighted by molar-refractivity contribution is 5.59. The quantitative estimate of drug-likeness (QED) is 0.892. The average Bonchev–Trinajstić information content (AvgIpc) is 2.76. The molecule has 1 fully saturated rings. The first-order valence-corrected chi connectivity index (χ1v) is 7.90. The van der Waals surface area contributed by atoms with Crippen molar-refractivity contribution in [3.05, 3.63) is 29.8 Å². The minimum absolute atomic E-state index is 0.682. The zero-order valence-corrected chi connectivity index (χ0v) is 12.1. The molecule has 0 aromatic heterocycles. The average molecular weight is 258 g/mol. The summed E-state index contributed by atoms with van der Waals surface area (Å²) in [5, 5.41) is 3.52. The molecule has 2 aliphatic rings. The summed E-state index contributed by atoms with van der Waals surface area (Å²) in [5.74, 6) is 0.918. The second kappa shape index (κ2) is 5.96. The van der Waals surface area contributed by atoms with E-state index < -0.39 is 0 Å². The topological polar surface area (TPSA) is 15.3 Å². The van der Waals surface area contributed by atoms with E-state index in [0.717, 1.165) is 5.92 Å². The lowest BCUT2D eigenvalue weighted by Gasteiger charge is -2.27. The van der Waals surface area contributed by atoms with Crippen LogP contribution in [0.1, 0.15) is 38.2 Å². The lowest BCUT2D eigenvalue weighted by molar-refractivity contribution is 0.350. The molecule has 1 aromatic carbocycles. The number of para-hydroxylation sites is 1. The zero-order valence-electron chi connectivity index (χ0n) is 12.1. The second-order valence-corrected chi connectivity index (χ2v) is 6.23. The Labute approximate surface area is 117 Å². The molecule has 2 aliphatic heterocycles. The molecule has 1 N–H and O–H groups in total. The molecule has 0 amide bonds. The number of nitrogens with one attached hydrogen (secondary N) is 1. The summed E-state index contributed by atoms with van der Waals surface area (Å²) in [6.07, 6.45) is 6.75. The Morgan fingerprint density at radius 1 is 1.32 bits per heavy atom. The van der Waals surface area contributed by atoms with Crippen LogP contribution >= 0.6 is 0 Å². The van der Waals surface area contributed by atoms with Gasteiger partial charge in [0, 0.05) is 18.3 Å². The van der Waals surface area contributed by atoms with E-state index in [4.69, 9.17) is 0 Å². The van der Waals surface area contributed by atoms with Gasteiger partial charge in [0.25, 0.3) is 0 Å². The smallest absolute Gasteiger partial charge is 0.0402 e. The summed E-state index contributed by atoms with van der Waals surface area (Å²) in [6.45, 7) is 6.07. The van der Waals surface area contributed by atoms with Gasteiger partial charge >= 0.3 is 0 Å². The lowest BCUT2D eigenvalue weighted by Crippen LogP contribution is -2.32. The number of hydrogen-bond donors (Lipinski definition) is 1. The van der Waals surface area contributed by atoms with E-state index in [9.17, 15) is 0 Å². The van der Waals surface area contributed by atoms with Gasteiger partial charge in [0.15, 0.2) is 0 Å². The van der Waals surface area contributed by atoms with Crippen LogP contribution in [0.4, 0.5) is 5.69 Å². The number of rotatable bonds is 4. The summed E-state index contributed by atoms with van der Waals surface area (Å²) in [4.78, 5) is 2.62. The molecule has 2 unspecified atom stereocenters. The van der Waals surface area contributed by atoms with Crippen molar-refractivity contribution in [3.63, 3.8) is 0 Å². The fraction of sp³-hybridized carbons (Fsp3) is 0.647. The number of benzene rings is 1. The fourth-order valence-corrected chi connectivity index (χ4v) is 3.69. The Bertz CT molecular complexity index is 409. The molecule has 0 spiro atoms. The van der Waals surface area contributed by atoms with E-state index in [1.54, 1.807) is 0 Å². The van der Waals surface area contributed by atoms with E-state index in [-0.39, 0.29) is 0 Å². The van der Waals surface area contributed by atoms with Crippen LogP contribution in [-0.4, -0.2) is 25.7 Å². The minimum Gasteiger partial charge on any atom is -0.368 e. The van der Waals surface area contributed by atoms with Crippen molar-refractivity contribution in [1.29, 1.82) is 0 Å². The first-order chi connectivity index (χ1) is 9.34. The van der Waals surface area contributed by atoms with Gasteiger partial charge in [0.2, 0.25) is 0 Å². The maximum absolute atomic E-state index is 3.52. The Morgan fingerprint density at radius 2 is 2.21 bits per heavy atom. The van der Waals surface area contributed by atoms with Gasteiger partial charge in [-0.1, -0.05) is 18.2 Å². The van der Waals surface area contributed by atoms with Crippen LogP contribution in [0.3, 0.4) is 0 Å². The molecule has 2 atom stereocenters. The molecule has 0 bridgehead atoms. The molecule has 3 rings (SSSR count). The normalized spacial score (nSPS) is 26.5. The van der Waals surface area contributed by atoms with Crippen molar-refractivity contribution in [2.75, 3.05) is 24.5 Å². The molecule has 104 valence electrons. The van der Waals surface area contributed by atoms with Crippen molar-refractivity contribution in [1.82, 2.24) is 5.32 Å². The molecule has 1 saturated heterocycles. The fourth-order valence-electron chi connectivity index (χ4n) is 3.69. The van der Waals surface area contributed by atoms with Crippen LogP contribution in [0.5, 0.6) is 0 Å². The van der Waals surface area contributed by atoms with Crippen molar-refractivity contribution in [2.45, 2.75) is 45.1 Å². The number of fused-ring (bicyclic) bond motifs is 1. The third-order valence-electron chi connectivity index (χ3n) is 4.76. The highest BCUT2D eigenvalue weighted by atomic mass is 15.2. The highest BCUT2D eigenvalue weighted by Gasteiger charge is 2.25. The summed E-state index contributed by atoms with van der Waals surface area (Å²) in [5.41, 5.74) is 3.02. The van der Waals surface area contributed by atoms with Crippen molar-refractivity contribution < 1.29 is 0 Å². The van der Waals surface area contributed by atoms with E-state index in [2.05, 4.69) is 41.4 Å². The molecular weight excluding hydrogens is 232 g/mol. The predicted molar refractivity (Wildman–Crippen MR) is 81.8 cm³/mol. The van der Waals surface area contributed by atoms with Crippen molar-refractivity contribution in [2.24, 2.45) is 5.92 Å². The number of nitrogens with zero attached hydrogens (tertiary/aromatic N) is 1. The highest BCUT2D eigenvalue weighted by Crippen LogP contribution is 2.32. The van der Waals surface area contributed by atoms with Crippen LogP contribution in [0.25, 0.3) is 0 Å². The third-order valence-corrected chi connectivity index (χ3v) is 4.76. The standard InChI is InChI=1S/C17H26N2/c1-14-12-16-8-2-3-9-17(16)19(14)11-5-7-15-6-4-10-18-13-15/h2-3,8-9,14-15,18H,4-7,10-13H2,1H3. The summed E-state index contributed by atoms with van der Waals surface area (Å²) < 4.78 is 0. The molecule has 0 aliphatic carbocycles. The van der Waals surface area contributed by atoms with E-state index in [0.29, 0.717) is 6.04 Å². The van der Waals surface area contributed by atoms with E-state index in [1.165, 1.54) is 63.0 Å². The number of anilines is 1. The van der Waals surface area contributed by atoms with Crippen LogP contribution in [0, 0.1) is 5.92 Å². The van der Waals surface area contributed by atoms with E-state index in [1.807, 2.05) is 0 Å². The van der Waals surface area contributed by atoms with Crippen molar-refractivity contribution >= 4 is 5.69 Å². The first kappa shape index (κ1) is 13.0. The van der Waals surface area contributed by atoms with Crippen LogP contribution in [-0.2, 0) is 6.42 Å². The second-order valence-electron chi connectivity index (χ2n) is 6.23. The Hall–Kier alpha value is -1.02. The van der Waals surface area contributed by atoms with Gasteiger partial charge in [-0.2, -0.15) is 0 Å². The Morgan fingerprint density at radius 3 is 3.05 bits per heavy atom. The molecule has 19 heavy (non-hydrogen) atoms. The number of piperidine rings is 1. The number of hydrogen-bond acceptors (Lipinski definition) is 2. The van der Waals surface area contributed by atoms with Gasteiger partial charge in [-0.3, -0.25) is 0 Å². The monoisotopic (exact) mass is 258 g/mol. The summed E-state index contributed by atoms with van der Waals surface area (Å²) >= 11 is 0. The molecule has 2 nitrogen and oxygen atoms in total. The molecule has 1 aromatic rings. The zero-order chi connectivity index (χ0) is 13.1. The van der Waals surface area contributed by atoms with E-state index >= 15 is 0 Å². The Balaban J connectivity index is 1.52. The van der Waals surface area contributed by atoms with Gasteiger partial charge in [-0.25, -0.2) is 0 Å². The Kier molecular flexibility index (Phi) is 4.07.